The highest BCUT2D eigenvalue weighted by atomic mass is 16.5. The Hall–Kier alpha value is -0.980. The first-order valence-electron chi connectivity index (χ1n) is 5.36. The van der Waals surface area contributed by atoms with E-state index in [4.69, 9.17) is 19.1 Å². The highest BCUT2D eigenvalue weighted by molar-refractivity contribution is 4.86. The molecule has 0 aliphatic carbocycles. The molecule has 0 bridgehead atoms. The molecule has 6 nitrogen and oxygen atoms in total. The Labute approximate surface area is 94.6 Å². The molecule has 0 aliphatic heterocycles. The first-order valence-corrected chi connectivity index (χ1v) is 5.36. The zero-order valence-electron chi connectivity index (χ0n) is 9.52. The molecular weight excluding hydrogens is 212 g/mol. The Bertz CT molecular complexity index is 278. The minimum Gasteiger partial charge on any atom is -0.396 e. The van der Waals surface area contributed by atoms with Crippen molar-refractivity contribution < 1.29 is 19.1 Å². The maximum atomic E-state index is 8.64. The summed E-state index contributed by atoms with van der Waals surface area (Å²) in [6, 6.07) is 0. The molecule has 0 aromatic carbocycles. The lowest BCUT2D eigenvalue weighted by Crippen LogP contribution is -2.05. The van der Waals surface area contributed by atoms with Crippen molar-refractivity contribution in [3.05, 3.63) is 11.7 Å². The fourth-order valence-electron chi connectivity index (χ4n) is 1.13. The average Bonchev–Trinajstić information content (AvgIpc) is 2.74. The molecule has 0 fully saturated rings. The number of nitrogens with zero attached hydrogens (tertiary/aromatic N) is 2. The first kappa shape index (κ1) is 13.1. The Morgan fingerprint density at radius 2 is 2.12 bits per heavy atom. The van der Waals surface area contributed by atoms with E-state index in [9.17, 15) is 0 Å². The largest absolute Gasteiger partial charge is 0.396 e. The minimum atomic E-state index is 0.137. The summed E-state index contributed by atoms with van der Waals surface area (Å²) in [5.41, 5.74) is 0. The number of methoxy groups -OCH3 is 1. The number of aryl methyl sites for hydroxylation is 1. The quantitative estimate of drug-likeness (QED) is 0.611. The molecule has 0 saturated carbocycles. The Morgan fingerprint density at radius 1 is 1.25 bits per heavy atom. The topological polar surface area (TPSA) is 77.6 Å². The van der Waals surface area contributed by atoms with Crippen molar-refractivity contribution in [2.75, 3.05) is 33.5 Å². The van der Waals surface area contributed by atoms with Gasteiger partial charge in [-0.2, -0.15) is 4.98 Å². The molecular formula is C10H18N2O4. The van der Waals surface area contributed by atoms with Crippen molar-refractivity contribution in [1.82, 2.24) is 10.1 Å². The highest BCUT2D eigenvalue weighted by Crippen LogP contribution is 2.01. The summed E-state index contributed by atoms with van der Waals surface area (Å²) in [6.07, 6.45) is 1.90. The van der Waals surface area contributed by atoms with E-state index < -0.39 is 0 Å². The van der Waals surface area contributed by atoms with Crippen molar-refractivity contribution in [3.63, 3.8) is 0 Å². The molecule has 0 atom stereocenters. The number of aliphatic hydroxyl groups is 1. The third-order valence-corrected chi connectivity index (χ3v) is 1.96. The van der Waals surface area contributed by atoms with E-state index in [1.807, 2.05) is 0 Å². The summed E-state index contributed by atoms with van der Waals surface area (Å²) in [5, 5.41) is 12.4. The lowest BCUT2D eigenvalue weighted by atomic mass is 10.3. The molecule has 1 aromatic heterocycles. The molecule has 0 unspecified atom stereocenters. The predicted molar refractivity (Wildman–Crippen MR) is 56.1 cm³/mol. The van der Waals surface area contributed by atoms with Crippen LogP contribution in [0, 0.1) is 0 Å². The highest BCUT2D eigenvalue weighted by Gasteiger charge is 2.05. The normalized spacial score (nSPS) is 10.9. The van der Waals surface area contributed by atoms with Gasteiger partial charge in [0.2, 0.25) is 5.89 Å². The molecule has 1 rings (SSSR count). The summed E-state index contributed by atoms with van der Waals surface area (Å²) in [7, 11) is 1.63. The van der Waals surface area contributed by atoms with Gasteiger partial charge in [0.1, 0.15) is 0 Å². The summed E-state index contributed by atoms with van der Waals surface area (Å²) in [6.45, 7) is 1.86. The van der Waals surface area contributed by atoms with E-state index in [0.717, 1.165) is 0 Å². The lowest BCUT2D eigenvalue weighted by molar-refractivity contribution is 0.0714. The molecule has 1 aromatic rings. The van der Waals surface area contributed by atoms with Crippen LogP contribution >= 0.6 is 0 Å². The zero-order valence-corrected chi connectivity index (χ0v) is 9.52. The van der Waals surface area contributed by atoms with Gasteiger partial charge in [-0.25, -0.2) is 0 Å². The predicted octanol–water partition coefficient (Wildman–Crippen LogP) is 0.200. The van der Waals surface area contributed by atoms with Gasteiger partial charge in [0.15, 0.2) is 5.82 Å². The maximum absolute atomic E-state index is 8.64. The van der Waals surface area contributed by atoms with Crippen LogP contribution in [0.1, 0.15) is 18.1 Å². The number of aliphatic hydroxyl groups excluding tert-OH is 1. The maximum Gasteiger partial charge on any atom is 0.226 e. The van der Waals surface area contributed by atoms with Crippen LogP contribution in [0.2, 0.25) is 0 Å². The molecule has 0 radical (unpaired) electrons. The van der Waals surface area contributed by atoms with E-state index in [1.165, 1.54) is 0 Å². The van der Waals surface area contributed by atoms with Crippen LogP contribution in [0.25, 0.3) is 0 Å². The van der Waals surface area contributed by atoms with Gasteiger partial charge in [0, 0.05) is 26.6 Å². The molecule has 0 spiro atoms. The number of rotatable bonds is 9. The molecule has 6 heteroatoms. The van der Waals surface area contributed by atoms with Crippen molar-refractivity contribution in [1.29, 1.82) is 0 Å². The van der Waals surface area contributed by atoms with E-state index in [1.54, 1.807) is 7.11 Å². The molecule has 0 saturated heterocycles. The van der Waals surface area contributed by atoms with Crippen LogP contribution in [-0.4, -0.2) is 48.8 Å². The van der Waals surface area contributed by atoms with E-state index in [2.05, 4.69) is 10.1 Å². The van der Waals surface area contributed by atoms with Crippen LogP contribution in [0.4, 0.5) is 0 Å². The Balaban J connectivity index is 2.14. The second-order valence-corrected chi connectivity index (χ2v) is 3.29. The smallest absolute Gasteiger partial charge is 0.226 e. The molecule has 92 valence electrons. The summed E-state index contributed by atoms with van der Waals surface area (Å²) >= 11 is 0. The Kier molecular flexibility index (Phi) is 6.71. The van der Waals surface area contributed by atoms with Crippen molar-refractivity contribution in [3.8, 4) is 0 Å². The Morgan fingerprint density at radius 3 is 2.88 bits per heavy atom. The molecule has 0 aliphatic rings. The summed E-state index contributed by atoms with van der Waals surface area (Å²) < 4.78 is 15.1. The van der Waals surface area contributed by atoms with Crippen molar-refractivity contribution >= 4 is 0 Å². The lowest BCUT2D eigenvalue weighted by Gasteiger charge is -1.99. The number of ether oxygens (including phenoxy) is 2. The van der Waals surface area contributed by atoms with E-state index in [0.29, 0.717) is 50.8 Å². The van der Waals surface area contributed by atoms with Gasteiger partial charge in [-0.3, -0.25) is 0 Å². The number of hydrogen-bond acceptors (Lipinski definition) is 6. The van der Waals surface area contributed by atoms with Gasteiger partial charge >= 0.3 is 0 Å². The first-order chi connectivity index (χ1) is 7.86. The van der Waals surface area contributed by atoms with Crippen LogP contribution in [-0.2, 0) is 22.3 Å². The second kappa shape index (κ2) is 8.20. The summed E-state index contributed by atoms with van der Waals surface area (Å²) in [5.74, 6) is 1.21. The van der Waals surface area contributed by atoms with Crippen LogP contribution < -0.4 is 0 Å². The number of aromatic nitrogens is 2. The van der Waals surface area contributed by atoms with Crippen molar-refractivity contribution in [2.45, 2.75) is 19.3 Å². The van der Waals surface area contributed by atoms with Crippen LogP contribution in [0.15, 0.2) is 4.52 Å². The molecule has 1 heterocycles. The van der Waals surface area contributed by atoms with Gasteiger partial charge in [-0.05, 0) is 6.42 Å². The third kappa shape index (κ3) is 5.20. The second-order valence-electron chi connectivity index (χ2n) is 3.29. The molecule has 0 amide bonds. The van der Waals surface area contributed by atoms with E-state index >= 15 is 0 Å². The van der Waals surface area contributed by atoms with Gasteiger partial charge in [0.05, 0.1) is 19.8 Å². The minimum absolute atomic E-state index is 0.137. The third-order valence-electron chi connectivity index (χ3n) is 1.96. The SMILES string of the molecule is COCCOCCc1noc(CCCO)n1. The summed E-state index contributed by atoms with van der Waals surface area (Å²) in [4.78, 5) is 4.17. The van der Waals surface area contributed by atoms with Crippen LogP contribution in [0.3, 0.4) is 0 Å². The number of hydrogen-bond donors (Lipinski definition) is 1. The van der Waals surface area contributed by atoms with E-state index in [-0.39, 0.29) is 6.61 Å². The van der Waals surface area contributed by atoms with Gasteiger partial charge in [0.25, 0.3) is 0 Å². The monoisotopic (exact) mass is 230 g/mol. The van der Waals surface area contributed by atoms with Crippen molar-refractivity contribution in [2.24, 2.45) is 0 Å². The average molecular weight is 230 g/mol. The van der Waals surface area contributed by atoms with Gasteiger partial charge in [-0.15, -0.1) is 0 Å². The van der Waals surface area contributed by atoms with Gasteiger partial charge in [-0.1, -0.05) is 5.16 Å². The fraction of sp³-hybridized carbons (Fsp3) is 0.800. The van der Waals surface area contributed by atoms with Crippen LogP contribution in [0.5, 0.6) is 0 Å². The standard InChI is InChI=1S/C10H18N2O4/c1-14-7-8-15-6-4-9-11-10(16-12-9)3-2-5-13/h13H,2-8H2,1H3. The zero-order chi connectivity index (χ0) is 11.6. The molecule has 16 heavy (non-hydrogen) atoms. The fourth-order valence-corrected chi connectivity index (χ4v) is 1.13. The molecule has 1 N–H and O–H groups in total. The van der Waals surface area contributed by atoms with Gasteiger partial charge < -0.3 is 19.1 Å².